The maximum absolute atomic E-state index is 12.8. The molecule has 3 heteroatoms. The minimum Gasteiger partial charge on any atom is -0.460 e. The van der Waals surface area contributed by atoms with Gasteiger partial charge in [0.25, 0.3) is 0 Å². The number of carbonyl (C=O) groups is 1. The van der Waals surface area contributed by atoms with Gasteiger partial charge in [-0.2, -0.15) is 0 Å². The predicted molar refractivity (Wildman–Crippen MR) is 82.8 cm³/mol. The average Bonchev–Trinajstić information content (AvgIpc) is 2.99. The van der Waals surface area contributed by atoms with Crippen molar-refractivity contribution in [2.24, 2.45) is 0 Å². The zero-order valence-corrected chi connectivity index (χ0v) is 12.6. The number of aryl methyl sites for hydroxylation is 3. The van der Waals surface area contributed by atoms with Crippen molar-refractivity contribution in [3.63, 3.8) is 0 Å². The number of furan rings is 1. The maximum Gasteiger partial charge on any atom is 0.207 e. The van der Waals surface area contributed by atoms with Crippen molar-refractivity contribution in [3.05, 3.63) is 57.0 Å². The molecule has 0 N–H and O–H groups in total. The lowest BCUT2D eigenvalue weighted by Gasteiger charge is -1.98. The Kier molecular flexibility index (Phi) is 3.22. The first-order valence-electron chi connectivity index (χ1n) is 6.74. The van der Waals surface area contributed by atoms with Crippen LogP contribution in [0.25, 0.3) is 11.0 Å². The highest BCUT2D eigenvalue weighted by Crippen LogP contribution is 2.31. The first-order valence-corrected chi connectivity index (χ1v) is 7.55. The van der Waals surface area contributed by atoms with Crippen molar-refractivity contribution >= 4 is 28.1 Å². The Bertz CT molecular complexity index is 773. The molecule has 0 saturated carbocycles. The molecule has 20 heavy (non-hydrogen) atoms. The summed E-state index contributed by atoms with van der Waals surface area (Å²) in [7, 11) is 0. The molecule has 2 aromatic heterocycles. The third-order valence-electron chi connectivity index (χ3n) is 3.61. The van der Waals surface area contributed by atoms with Crippen molar-refractivity contribution in [3.8, 4) is 0 Å². The molecule has 0 amide bonds. The van der Waals surface area contributed by atoms with Crippen LogP contribution in [0, 0.1) is 13.8 Å². The summed E-state index contributed by atoms with van der Waals surface area (Å²) in [6, 6.07) is 9.72. The lowest BCUT2D eigenvalue weighted by atomic mass is 10.0. The highest BCUT2D eigenvalue weighted by molar-refractivity contribution is 7.14. The summed E-state index contributed by atoms with van der Waals surface area (Å²) < 4.78 is 5.81. The molecule has 0 aliphatic rings. The number of thiophene rings is 1. The summed E-state index contributed by atoms with van der Waals surface area (Å²) in [5, 5.41) is 0.915. The fourth-order valence-electron chi connectivity index (χ4n) is 2.40. The molecule has 0 aliphatic carbocycles. The molecule has 1 aromatic carbocycles. The molecular weight excluding hydrogens is 268 g/mol. The normalized spacial score (nSPS) is 11.2. The number of ketones is 1. The first kappa shape index (κ1) is 13.1. The third kappa shape index (κ3) is 1.98. The predicted octanol–water partition coefficient (Wildman–Crippen LogP) is 4.90. The summed E-state index contributed by atoms with van der Waals surface area (Å²) in [4.78, 5) is 14.8. The molecule has 0 radical (unpaired) electrons. The number of para-hydroxylation sites is 1. The highest BCUT2D eigenvalue weighted by Gasteiger charge is 2.22. The standard InChI is InChI=1S/C17H16O2S/c1-4-13-16(12-7-5-6-8-14(12)19-13)17(18)15-9-10(2)11(3)20-15/h5-9H,4H2,1-3H3. The molecule has 3 aromatic rings. The molecule has 102 valence electrons. The van der Waals surface area contributed by atoms with Gasteiger partial charge in [-0.05, 0) is 31.5 Å². The molecule has 0 atom stereocenters. The van der Waals surface area contributed by atoms with Crippen molar-refractivity contribution in [1.29, 1.82) is 0 Å². The molecule has 2 heterocycles. The summed E-state index contributed by atoms with van der Waals surface area (Å²) in [5.74, 6) is 0.855. The smallest absolute Gasteiger partial charge is 0.207 e. The van der Waals surface area contributed by atoms with Crippen LogP contribution in [0.1, 0.15) is 38.4 Å². The highest BCUT2D eigenvalue weighted by atomic mass is 32.1. The first-order chi connectivity index (χ1) is 9.61. The van der Waals surface area contributed by atoms with Gasteiger partial charge in [0.2, 0.25) is 5.78 Å². The van der Waals surface area contributed by atoms with Gasteiger partial charge < -0.3 is 4.42 Å². The second kappa shape index (κ2) is 4.91. The van der Waals surface area contributed by atoms with Gasteiger partial charge in [-0.25, -0.2) is 0 Å². The fraction of sp³-hybridized carbons (Fsp3) is 0.235. The van der Waals surface area contributed by atoms with Gasteiger partial charge in [-0.1, -0.05) is 25.1 Å². The molecule has 0 aliphatic heterocycles. The molecule has 2 nitrogen and oxygen atoms in total. The van der Waals surface area contributed by atoms with Crippen LogP contribution in [0.2, 0.25) is 0 Å². The van der Waals surface area contributed by atoms with E-state index in [2.05, 4.69) is 0 Å². The Morgan fingerprint density at radius 1 is 1.25 bits per heavy atom. The SMILES string of the molecule is CCc1oc2ccccc2c1C(=O)c1cc(C)c(C)s1. The van der Waals surface area contributed by atoms with Crippen molar-refractivity contribution in [2.75, 3.05) is 0 Å². The van der Waals surface area contributed by atoms with E-state index in [1.54, 1.807) is 11.3 Å². The van der Waals surface area contributed by atoms with E-state index in [9.17, 15) is 4.79 Å². The number of rotatable bonds is 3. The number of fused-ring (bicyclic) bond motifs is 1. The molecule has 3 rings (SSSR count). The maximum atomic E-state index is 12.8. The van der Waals surface area contributed by atoms with Gasteiger partial charge in [0.1, 0.15) is 11.3 Å². The van der Waals surface area contributed by atoms with Crippen LogP contribution in [-0.4, -0.2) is 5.78 Å². The summed E-state index contributed by atoms with van der Waals surface area (Å²) >= 11 is 1.56. The Morgan fingerprint density at radius 3 is 2.65 bits per heavy atom. The van der Waals surface area contributed by atoms with Gasteiger partial charge in [0.15, 0.2) is 0 Å². The van der Waals surface area contributed by atoms with Crippen molar-refractivity contribution in [2.45, 2.75) is 27.2 Å². The lowest BCUT2D eigenvalue weighted by molar-refractivity contribution is 0.104. The van der Waals surface area contributed by atoms with Crippen molar-refractivity contribution < 1.29 is 9.21 Å². The Balaban J connectivity index is 2.20. The van der Waals surface area contributed by atoms with E-state index in [1.165, 1.54) is 10.4 Å². The zero-order chi connectivity index (χ0) is 14.3. The van der Waals surface area contributed by atoms with Gasteiger partial charge in [-0.15, -0.1) is 11.3 Å². The second-order valence-corrected chi connectivity index (χ2v) is 6.19. The van der Waals surface area contributed by atoms with Crippen LogP contribution in [0.15, 0.2) is 34.7 Å². The van der Waals surface area contributed by atoms with Gasteiger partial charge >= 0.3 is 0 Å². The average molecular weight is 284 g/mol. The summed E-state index contributed by atoms with van der Waals surface area (Å²) in [6.45, 7) is 6.10. The fourth-order valence-corrected chi connectivity index (χ4v) is 3.38. The van der Waals surface area contributed by atoms with E-state index in [0.29, 0.717) is 0 Å². The van der Waals surface area contributed by atoms with E-state index in [-0.39, 0.29) is 5.78 Å². The van der Waals surface area contributed by atoms with Crippen LogP contribution >= 0.6 is 11.3 Å². The molecule has 0 saturated heterocycles. The summed E-state index contributed by atoms with van der Waals surface area (Å²) in [6.07, 6.45) is 0.721. The Hall–Kier alpha value is -1.87. The van der Waals surface area contributed by atoms with Crippen LogP contribution in [-0.2, 0) is 6.42 Å². The Labute approximate surface area is 122 Å². The number of hydrogen-bond acceptors (Lipinski definition) is 3. The van der Waals surface area contributed by atoms with Crippen molar-refractivity contribution in [1.82, 2.24) is 0 Å². The number of hydrogen-bond donors (Lipinski definition) is 0. The van der Waals surface area contributed by atoms with Gasteiger partial charge in [-0.3, -0.25) is 4.79 Å². The van der Waals surface area contributed by atoms with Gasteiger partial charge in [0, 0.05) is 16.7 Å². The van der Waals surface area contributed by atoms with E-state index < -0.39 is 0 Å². The Morgan fingerprint density at radius 2 is 2.00 bits per heavy atom. The molecule has 0 fully saturated rings. The van der Waals surface area contributed by atoms with Crippen LogP contribution in [0.5, 0.6) is 0 Å². The molecule has 0 bridgehead atoms. The van der Waals surface area contributed by atoms with E-state index in [0.717, 1.165) is 33.6 Å². The van der Waals surface area contributed by atoms with Gasteiger partial charge in [0.05, 0.1) is 10.4 Å². The van der Waals surface area contributed by atoms with Crippen LogP contribution in [0.4, 0.5) is 0 Å². The quantitative estimate of drug-likeness (QED) is 0.640. The largest absolute Gasteiger partial charge is 0.460 e. The van der Waals surface area contributed by atoms with Crippen LogP contribution in [0.3, 0.4) is 0 Å². The van der Waals surface area contributed by atoms with E-state index in [4.69, 9.17) is 4.42 Å². The van der Waals surface area contributed by atoms with Crippen LogP contribution < -0.4 is 0 Å². The zero-order valence-electron chi connectivity index (χ0n) is 11.8. The summed E-state index contributed by atoms with van der Waals surface area (Å²) in [5.41, 5.74) is 2.69. The lowest BCUT2D eigenvalue weighted by Crippen LogP contribution is -2.01. The monoisotopic (exact) mass is 284 g/mol. The van der Waals surface area contributed by atoms with E-state index in [1.807, 2.05) is 51.1 Å². The molecule has 0 spiro atoms. The minimum absolute atomic E-state index is 0.0769. The minimum atomic E-state index is 0.0769. The third-order valence-corrected chi connectivity index (χ3v) is 4.76. The number of carbonyl (C=O) groups excluding carboxylic acids is 1. The number of benzene rings is 1. The topological polar surface area (TPSA) is 30.2 Å². The molecule has 0 unspecified atom stereocenters. The van der Waals surface area contributed by atoms with E-state index >= 15 is 0 Å². The second-order valence-electron chi connectivity index (χ2n) is 4.93. The molecular formula is C17H16O2S.